The molecule has 2 N–H and O–H groups in total. The van der Waals surface area contributed by atoms with Crippen LogP contribution in [-0.4, -0.2) is 37.1 Å². The summed E-state index contributed by atoms with van der Waals surface area (Å²) in [5.41, 5.74) is 0.248. The second-order valence-corrected chi connectivity index (χ2v) is 5.87. The Hall–Kier alpha value is -3.23. The number of pyridine rings is 1. The average molecular weight is 342 g/mol. The van der Waals surface area contributed by atoms with Crippen LogP contribution in [0.15, 0.2) is 35.5 Å². The number of hydrogen-bond acceptors (Lipinski definition) is 6. The lowest BCUT2D eigenvalue weighted by Crippen LogP contribution is -2.24. The number of nitrogens with zero attached hydrogens (tertiary/aromatic N) is 4. The van der Waals surface area contributed by atoms with E-state index in [-0.39, 0.29) is 23.7 Å². The summed E-state index contributed by atoms with van der Waals surface area (Å²) < 4.78 is 7.01. The summed E-state index contributed by atoms with van der Waals surface area (Å²) in [6.45, 7) is 4.79. The quantitative estimate of drug-likeness (QED) is 0.684. The summed E-state index contributed by atoms with van der Waals surface area (Å²) in [5.74, 6) is 1.03. The van der Waals surface area contributed by atoms with Gasteiger partial charge in [0.25, 0.3) is 11.5 Å². The minimum absolute atomic E-state index is 0.134. The zero-order valence-electron chi connectivity index (χ0n) is 13.9. The van der Waals surface area contributed by atoms with E-state index in [9.17, 15) is 9.59 Å². The SMILES string of the molecule is CC(C)COc1ccc(C(=O)NCc2nnc3c(=O)[nH]ccn23)cn1. The lowest BCUT2D eigenvalue weighted by atomic mass is 10.2. The number of aromatic amines is 1. The highest BCUT2D eigenvalue weighted by Gasteiger charge is 2.11. The Labute approximate surface area is 143 Å². The topological polar surface area (TPSA) is 114 Å². The third kappa shape index (κ3) is 3.82. The van der Waals surface area contributed by atoms with Gasteiger partial charge in [0, 0.05) is 24.7 Å². The highest BCUT2D eigenvalue weighted by atomic mass is 16.5. The molecule has 0 saturated carbocycles. The van der Waals surface area contributed by atoms with Gasteiger partial charge in [-0.25, -0.2) is 4.98 Å². The molecule has 0 saturated heterocycles. The normalized spacial score (nSPS) is 11.0. The van der Waals surface area contributed by atoms with Gasteiger partial charge in [-0.2, -0.15) is 0 Å². The van der Waals surface area contributed by atoms with Crippen molar-refractivity contribution in [2.45, 2.75) is 20.4 Å². The molecule has 130 valence electrons. The minimum Gasteiger partial charge on any atom is -0.477 e. The van der Waals surface area contributed by atoms with Gasteiger partial charge in [0.15, 0.2) is 5.82 Å². The summed E-state index contributed by atoms with van der Waals surface area (Å²) >= 11 is 0. The molecule has 0 aliphatic rings. The van der Waals surface area contributed by atoms with E-state index in [1.807, 2.05) is 13.8 Å². The minimum atomic E-state index is -0.339. The van der Waals surface area contributed by atoms with Crippen molar-refractivity contribution in [2.75, 3.05) is 6.61 Å². The van der Waals surface area contributed by atoms with Crippen molar-refractivity contribution in [1.29, 1.82) is 0 Å². The van der Waals surface area contributed by atoms with Crippen LogP contribution in [0.1, 0.15) is 30.0 Å². The summed E-state index contributed by atoms with van der Waals surface area (Å²) in [6, 6.07) is 3.30. The van der Waals surface area contributed by atoms with Crippen LogP contribution in [-0.2, 0) is 6.54 Å². The van der Waals surface area contributed by atoms with Crippen molar-refractivity contribution in [3.05, 3.63) is 52.5 Å². The molecule has 0 atom stereocenters. The molecule has 3 rings (SSSR count). The molecular formula is C16H18N6O3. The largest absolute Gasteiger partial charge is 0.477 e. The Kier molecular flexibility index (Phi) is 4.73. The third-order valence-electron chi connectivity index (χ3n) is 3.38. The number of carbonyl (C=O) groups excluding carboxylic acids is 1. The van der Waals surface area contributed by atoms with Gasteiger partial charge in [0.05, 0.1) is 18.7 Å². The molecule has 0 unspecified atom stereocenters. The highest BCUT2D eigenvalue weighted by molar-refractivity contribution is 5.93. The number of amides is 1. The zero-order chi connectivity index (χ0) is 17.8. The predicted molar refractivity (Wildman–Crippen MR) is 89.3 cm³/mol. The molecule has 3 aromatic heterocycles. The Bertz CT molecular complexity index is 929. The van der Waals surface area contributed by atoms with Crippen LogP contribution in [0.4, 0.5) is 0 Å². The number of hydrogen-bond donors (Lipinski definition) is 2. The predicted octanol–water partition coefficient (Wildman–Crippen LogP) is 0.777. The Morgan fingerprint density at radius 3 is 2.92 bits per heavy atom. The molecule has 0 fully saturated rings. The maximum atomic E-state index is 12.2. The van der Waals surface area contributed by atoms with Gasteiger partial charge in [-0.05, 0) is 12.0 Å². The van der Waals surface area contributed by atoms with Gasteiger partial charge < -0.3 is 15.0 Å². The van der Waals surface area contributed by atoms with Crippen LogP contribution in [0.2, 0.25) is 0 Å². The molecule has 9 nitrogen and oxygen atoms in total. The fourth-order valence-corrected chi connectivity index (χ4v) is 2.12. The van der Waals surface area contributed by atoms with Gasteiger partial charge >= 0.3 is 0 Å². The van der Waals surface area contributed by atoms with Crippen molar-refractivity contribution < 1.29 is 9.53 Å². The van der Waals surface area contributed by atoms with E-state index in [1.54, 1.807) is 18.3 Å². The maximum absolute atomic E-state index is 12.2. The van der Waals surface area contributed by atoms with Crippen LogP contribution in [0.5, 0.6) is 5.88 Å². The molecule has 0 bridgehead atoms. The van der Waals surface area contributed by atoms with Crippen molar-refractivity contribution in [2.24, 2.45) is 5.92 Å². The molecule has 3 aromatic rings. The molecule has 0 aliphatic carbocycles. The van der Waals surface area contributed by atoms with Crippen LogP contribution in [0, 0.1) is 5.92 Å². The first-order valence-electron chi connectivity index (χ1n) is 7.83. The van der Waals surface area contributed by atoms with E-state index in [0.29, 0.717) is 29.8 Å². The molecule has 9 heteroatoms. The smallest absolute Gasteiger partial charge is 0.293 e. The van der Waals surface area contributed by atoms with Gasteiger partial charge in [0.2, 0.25) is 11.5 Å². The second-order valence-electron chi connectivity index (χ2n) is 5.87. The Morgan fingerprint density at radius 1 is 1.36 bits per heavy atom. The van der Waals surface area contributed by atoms with E-state index in [2.05, 4.69) is 25.5 Å². The number of rotatable bonds is 6. The molecule has 0 aromatic carbocycles. The number of fused-ring (bicyclic) bond motifs is 1. The lowest BCUT2D eigenvalue weighted by Gasteiger charge is -2.08. The first kappa shape index (κ1) is 16.6. The molecule has 1 amide bonds. The van der Waals surface area contributed by atoms with Crippen LogP contribution < -0.4 is 15.6 Å². The van der Waals surface area contributed by atoms with Gasteiger partial charge in [-0.15, -0.1) is 10.2 Å². The Morgan fingerprint density at radius 2 is 2.20 bits per heavy atom. The van der Waals surface area contributed by atoms with Crippen molar-refractivity contribution in [3.63, 3.8) is 0 Å². The first-order chi connectivity index (χ1) is 12.0. The van der Waals surface area contributed by atoms with Gasteiger partial charge in [0.1, 0.15) is 0 Å². The summed E-state index contributed by atoms with van der Waals surface area (Å²) in [4.78, 5) is 30.4. The molecule has 3 heterocycles. The van der Waals surface area contributed by atoms with Crippen LogP contribution in [0.3, 0.4) is 0 Å². The van der Waals surface area contributed by atoms with E-state index >= 15 is 0 Å². The molecule has 25 heavy (non-hydrogen) atoms. The number of nitrogens with one attached hydrogen (secondary N) is 2. The number of ether oxygens (including phenoxy) is 1. The zero-order valence-corrected chi connectivity index (χ0v) is 13.9. The van der Waals surface area contributed by atoms with Crippen molar-refractivity contribution in [3.8, 4) is 5.88 Å². The third-order valence-corrected chi connectivity index (χ3v) is 3.38. The standard InChI is InChI=1S/C16H18N6O3/c1-10(2)9-25-13-4-3-11(7-18-13)15(23)19-8-12-20-21-14-16(24)17-5-6-22(12)14/h3-7,10H,8-9H2,1-2H3,(H,17,24)(H,19,23). The number of carbonyl (C=O) groups is 1. The monoisotopic (exact) mass is 342 g/mol. The van der Waals surface area contributed by atoms with Crippen molar-refractivity contribution in [1.82, 2.24) is 29.9 Å². The number of aromatic nitrogens is 5. The van der Waals surface area contributed by atoms with E-state index in [1.165, 1.54) is 16.8 Å². The first-order valence-corrected chi connectivity index (χ1v) is 7.83. The Balaban J connectivity index is 1.64. The summed E-state index contributed by atoms with van der Waals surface area (Å²) in [7, 11) is 0. The second kappa shape index (κ2) is 7.12. The number of H-pyrrole nitrogens is 1. The molecule has 0 spiro atoms. The molecular weight excluding hydrogens is 324 g/mol. The summed E-state index contributed by atoms with van der Waals surface area (Å²) in [6.07, 6.45) is 4.57. The molecule has 0 aliphatic heterocycles. The fourth-order valence-electron chi connectivity index (χ4n) is 2.12. The van der Waals surface area contributed by atoms with Gasteiger partial charge in [-0.3, -0.25) is 14.0 Å². The van der Waals surface area contributed by atoms with Crippen LogP contribution >= 0.6 is 0 Å². The fraction of sp³-hybridized carbons (Fsp3) is 0.312. The van der Waals surface area contributed by atoms with Crippen molar-refractivity contribution >= 4 is 11.6 Å². The average Bonchev–Trinajstić information content (AvgIpc) is 3.03. The lowest BCUT2D eigenvalue weighted by molar-refractivity contribution is 0.0949. The van der Waals surface area contributed by atoms with E-state index in [4.69, 9.17) is 4.74 Å². The van der Waals surface area contributed by atoms with Gasteiger partial charge in [-0.1, -0.05) is 13.8 Å². The van der Waals surface area contributed by atoms with E-state index < -0.39 is 0 Å². The van der Waals surface area contributed by atoms with E-state index in [0.717, 1.165) is 0 Å². The molecule has 0 radical (unpaired) electrons. The maximum Gasteiger partial charge on any atom is 0.293 e. The summed E-state index contributed by atoms with van der Waals surface area (Å²) in [5, 5.41) is 10.5. The highest BCUT2D eigenvalue weighted by Crippen LogP contribution is 2.09. The van der Waals surface area contributed by atoms with Crippen LogP contribution in [0.25, 0.3) is 5.65 Å².